The average Bonchev–Trinajstić information content (AvgIpc) is 2.43. The predicted octanol–water partition coefficient (Wildman–Crippen LogP) is 2.56. The molecule has 1 aromatic carbocycles. The van der Waals surface area contributed by atoms with Gasteiger partial charge in [-0.3, -0.25) is 0 Å². The van der Waals surface area contributed by atoms with Gasteiger partial charge in [-0.05, 0) is 43.7 Å². The first kappa shape index (κ1) is 11.0. The molecule has 0 radical (unpaired) electrons. The summed E-state index contributed by atoms with van der Waals surface area (Å²) in [7, 11) is 0. The summed E-state index contributed by atoms with van der Waals surface area (Å²) < 4.78 is 1.18. The fraction of sp³-hybridized carbons (Fsp3) is 0.500. The SMILES string of the molecule is Cc1cc(Br)cc(N2CCCNCC2)c1. The molecule has 0 spiro atoms. The number of halogens is 1. The Hall–Kier alpha value is -0.540. The second kappa shape index (κ2) is 4.99. The molecule has 1 N–H and O–H groups in total. The molecule has 0 atom stereocenters. The van der Waals surface area contributed by atoms with Crippen LogP contribution in [0.1, 0.15) is 12.0 Å². The standard InChI is InChI=1S/C12H17BrN2/c1-10-7-11(13)9-12(8-10)15-5-2-3-14-4-6-15/h7-9,14H,2-6H2,1H3. The molecule has 1 saturated heterocycles. The van der Waals surface area contributed by atoms with Crippen LogP contribution in [-0.4, -0.2) is 26.2 Å². The Morgan fingerprint density at radius 1 is 1.20 bits per heavy atom. The van der Waals surface area contributed by atoms with Crippen LogP contribution in [0.15, 0.2) is 22.7 Å². The number of aryl methyl sites for hydroxylation is 1. The zero-order chi connectivity index (χ0) is 10.7. The molecule has 0 bridgehead atoms. The average molecular weight is 269 g/mol. The third-order valence-corrected chi connectivity index (χ3v) is 3.19. The second-order valence-electron chi connectivity index (χ2n) is 4.08. The van der Waals surface area contributed by atoms with Crippen molar-refractivity contribution in [3.8, 4) is 0 Å². The second-order valence-corrected chi connectivity index (χ2v) is 4.99. The van der Waals surface area contributed by atoms with Crippen LogP contribution in [0.25, 0.3) is 0 Å². The van der Waals surface area contributed by atoms with Crippen molar-refractivity contribution in [2.45, 2.75) is 13.3 Å². The van der Waals surface area contributed by atoms with E-state index in [1.54, 1.807) is 0 Å². The Balaban J connectivity index is 2.19. The van der Waals surface area contributed by atoms with Crippen LogP contribution in [-0.2, 0) is 0 Å². The summed E-state index contributed by atoms with van der Waals surface area (Å²) in [6.07, 6.45) is 1.23. The highest BCUT2D eigenvalue weighted by Gasteiger charge is 2.09. The lowest BCUT2D eigenvalue weighted by Gasteiger charge is -2.23. The fourth-order valence-corrected chi connectivity index (χ4v) is 2.60. The van der Waals surface area contributed by atoms with Crippen molar-refractivity contribution in [3.63, 3.8) is 0 Å². The van der Waals surface area contributed by atoms with Crippen LogP contribution in [0.4, 0.5) is 5.69 Å². The van der Waals surface area contributed by atoms with Crippen LogP contribution >= 0.6 is 15.9 Å². The summed E-state index contributed by atoms with van der Waals surface area (Å²) in [5.41, 5.74) is 2.65. The smallest absolute Gasteiger partial charge is 0.0380 e. The van der Waals surface area contributed by atoms with Gasteiger partial charge in [0, 0.05) is 29.8 Å². The summed E-state index contributed by atoms with van der Waals surface area (Å²) in [6, 6.07) is 6.62. The van der Waals surface area contributed by atoms with Crippen molar-refractivity contribution in [3.05, 3.63) is 28.2 Å². The first-order valence-corrected chi connectivity index (χ1v) is 6.28. The summed E-state index contributed by atoms with van der Waals surface area (Å²) in [5.74, 6) is 0. The molecule has 0 saturated carbocycles. The van der Waals surface area contributed by atoms with Gasteiger partial charge in [0.25, 0.3) is 0 Å². The molecule has 1 aliphatic rings. The molecule has 2 nitrogen and oxygen atoms in total. The molecule has 1 heterocycles. The number of nitrogens with one attached hydrogen (secondary N) is 1. The number of anilines is 1. The maximum absolute atomic E-state index is 3.56. The van der Waals surface area contributed by atoms with Crippen molar-refractivity contribution in [1.29, 1.82) is 0 Å². The highest BCUT2D eigenvalue weighted by atomic mass is 79.9. The van der Waals surface area contributed by atoms with Gasteiger partial charge in [-0.2, -0.15) is 0 Å². The van der Waals surface area contributed by atoms with Gasteiger partial charge in [0.1, 0.15) is 0 Å². The lowest BCUT2D eigenvalue weighted by molar-refractivity contribution is 0.724. The molecule has 0 unspecified atom stereocenters. The Morgan fingerprint density at radius 2 is 2.07 bits per heavy atom. The molecule has 1 aliphatic heterocycles. The normalized spacial score (nSPS) is 17.6. The van der Waals surface area contributed by atoms with Crippen LogP contribution in [0.5, 0.6) is 0 Å². The van der Waals surface area contributed by atoms with E-state index in [0.29, 0.717) is 0 Å². The van der Waals surface area contributed by atoms with Crippen molar-refractivity contribution in [1.82, 2.24) is 5.32 Å². The van der Waals surface area contributed by atoms with Gasteiger partial charge in [0.15, 0.2) is 0 Å². The maximum atomic E-state index is 3.56. The topological polar surface area (TPSA) is 15.3 Å². The van der Waals surface area contributed by atoms with Crippen LogP contribution in [0, 0.1) is 6.92 Å². The van der Waals surface area contributed by atoms with Gasteiger partial charge in [-0.15, -0.1) is 0 Å². The Kier molecular flexibility index (Phi) is 3.65. The molecule has 1 aromatic rings. The third kappa shape index (κ3) is 2.95. The van der Waals surface area contributed by atoms with Crippen molar-refractivity contribution in [2.75, 3.05) is 31.1 Å². The van der Waals surface area contributed by atoms with Crippen LogP contribution < -0.4 is 10.2 Å². The Bertz CT molecular complexity index is 310. The molecular formula is C12H17BrN2. The van der Waals surface area contributed by atoms with Gasteiger partial charge in [0.2, 0.25) is 0 Å². The zero-order valence-electron chi connectivity index (χ0n) is 9.09. The highest BCUT2D eigenvalue weighted by molar-refractivity contribution is 9.10. The van der Waals surface area contributed by atoms with Crippen molar-refractivity contribution >= 4 is 21.6 Å². The van der Waals surface area contributed by atoms with Crippen LogP contribution in [0.2, 0.25) is 0 Å². The van der Waals surface area contributed by atoms with Crippen molar-refractivity contribution < 1.29 is 0 Å². The Morgan fingerprint density at radius 3 is 2.87 bits per heavy atom. The van der Waals surface area contributed by atoms with E-state index in [4.69, 9.17) is 0 Å². The molecule has 1 fully saturated rings. The zero-order valence-corrected chi connectivity index (χ0v) is 10.7. The summed E-state index contributed by atoms with van der Waals surface area (Å²) >= 11 is 3.56. The Labute approximate surface area is 99.8 Å². The van der Waals surface area contributed by atoms with E-state index in [-0.39, 0.29) is 0 Å². The van der Waals surface area contributed by atoms with Gasteiger partial charge < -0.3 is 10.2 Å². The van der Waals surface area contributed by atoms with E-state index >= 15 is 0 Å². The first-order valence-electron chi connectivity index (χ1n) is 5.48. The van der Waals surface area contributed by atoms with E-state index in [2.05, 4.69) is 51.3 Å². The lowest BCUT2D eigenvalue weighted by atomic mass is 10.2. The van der Waals surface area contributed by atoms with E-state index in [0.717, 1.165) is 26.2 Å². The molecule has 3 heteroatoms. The third-order valence-electron chi connectivity index (χ3n) is 2.73. The molecule has 0 aromatic heterocycles. The molecule has 82 valence electrons. The quantitative estimate of drug-likeness (QED) is 0.843. The monoisotopic (exact) mass is 268 g/mol. The van der Waals surface area contributed by atoms with Crippen LogP contribution in [0.3, 0.4) is 0 Å². The first-order chi connectivity index (χ1) is 7.25. The lowest BCUT2D eigenvalue weighted by Crippen LogP contribution is -2.27. The number of nitrogens with zero attached hydrogens (tertiary/aromatic N) is 1. The van der Waals surface area contributed by atoms with Gasteiger partial charge in [0.05, 0.1) is 0 Å². The molecule has 2 rings (SSSR count). The van der Waals surface area contributed by atoms with Gasteiger partial charge in [-0.1, -0.05) is 15.9 Å². The summed E-state index contributed by atoms with van der Waals surface area (Å²) in [4.78, 5) is 2.46. The van der Waals surface area contributed by atoms with E-state index in [9.17, 15) is 0 Å². The number of hydrogen-bond donors (Lipinski definition) is 1. The number of hydrogen-bond acceptors (Lipinski definition) is 2. The minimum atomic E-state index is 1.09. The minimum absolute atomic E-state index is 1.09. The summed E-state index contributed by atoms with van der Waals surface area (Å²) in [5, 5.41) is 3.42. The summed E-state index contributed by atoms with van der Waals surface area (Å²) in [6.45, 7) is 6.64. The minimum Gasteiger partial charge on any atom is -0.370 e. The van der Waals surface area contributed by atoms with Gasteiger partial charge >= 0.3 is 0 Å². The van der Waals surface area contributed by atoms with E-state index in [1.165, 1.54) is 22.1 Å². The molecule has 0 aliphatic carbocycles. The largest absolute Gasteiger partial charge is 0.370 e. The van der Waals surface area contributed by atoms with Crippen molar-refractivity contribution in [2.24, 2.45) is 0 Å². The van der Waals surface area contributed by atoms with E-state index < -0.39 is 0 Å². The molecule has 15 heavy (non-hydrogen) atoms. The predicted molar refractivity (Wildman–Crippen MR) is 68.6 cm³/mol. The molecule has 0 amide bonds. The number of rotatable bonds is 1. The maximum Gasteiger partial charge on any atom is 0.0380 e. The van der Waals surface area contributed by atoms with E-state index in [1.807, 2.05) is 0 Å². The fourth-order valence-electron chi connectivity index (χ4n) is 2.00. The number of benzene rings is 1. The highest BCUT2D eigenvalue weighted by Crippen LogP contribution is 2.22. The molecular weight excluding hydrogens is 252 g/mol. The van der Waals surface area contributed by atoms with Gasteiger partial charge in [-0.25, -0.2) is 0 Å².